The standard InChI is InChI=1S/C22H21Cl2FN2O3S/c1-5-6-20(14(2)3)26-13-15(4)30-21-9-8-17(12-19(21)25)27-31(28,29)22-10-7-16(23)11-18(22)24/h5-13,27H,2H2,1,3-4H3/b6-5-,15-13+,26-20+. The third-order valence-electron chi connectivity index (χ3n) is 3.79. The van der Waals surface area contributed by atoms with Crippen molar-refractivity contribution in [3.05, 3.63) is 88.5 Å². The van der Waals surface area contributed by atoms with E-state index in [-0.39, 0.29) is 21.4 Å². The predicted octanol–water partition coefficient (Wildman–Crippen LogP) is 6.77. The molecule has 0 amide bonds. The maximum atomic E-state index is 14.5. The number of anilines is 1. The number of sulfonamides is 1. The molecule has 0 saturated heterocycles. The lowest BCUT2D eigenvalue weighted by molar-refractivity contribution is 0.397. The van der Waals surface area contributed by atoms with Crippen molar-refractivity contribution in [1.29, 1.82) is 0 Å². The van der Waals surface area contributed by atoms with E-state index in [2.05, 4.69) is 16.3 Å². The van der Waals surface area contributed by atoms with Gasteiger partial charge in [0.2, 0.25) is 0 Å². The number of aliphatic imine (C=N–C) groups is 1. The second-order valence-corrected chi connectivity index (χ2v) is 8.96. The average Bonchev–Trinajstić information content (AvgIpc) is 2.66. The van der Waals surface area contributed by atoms with Crippen molar-refractivity contribution < 1.29 is 17.5 Å². The zero-order valence-corrected chi connectivity index (χ0v) is 19.4. The number of nitrogens with zero attached hydrogens (tertiary/aromatic N) is 1. The Morgan fingerprint density at radius 1 is 1.19 bits per heavy atom. The number of benzene rings is 2. The molecule has 0 atom stereocenters. The molecule has 9 heteroatoms. The predicted molar refractivity (Wildman–Crippen MR) is 125 cm³/mol. The molecular weight excluding hydrogens is 462 g/mol. The van der Waals surface area contributed by atoms with Crippen LogP contribution in [0, 0.1) is 5.82 Å². The Morgan fingerprint density at radius 3 is 2.48 bits per heavy atom. The Labute approximate surface area is 191 Å². The number of hydrogen-bond acceptors (Lipinski definition) is 4. The van der Waals surface area contributed by atoms with Crippen molar-refractivity contribution in [3.63, 3.8) is 0 Å². The lowest BCUT2D eigenvalue weighted by atomic mass is 10.2. The van der Waals surface area contributed by atoms with Gasteiger partial charge in [-0.05, 0) is 62.8 Å². The van der Waals surface area contributed by atoms with Gasteiger partial charge in [-0.3, -0.25) is 9.71 Å². The molecular formula is C22H21Cl2FN2O3S. The van der Waals surface area contributed by atoms with Crippen LogP contribution in [0.25, 0.3) is 0 Å². The highest BCUT2D eigenvalue weighted by atomic mass is 35.5. The maximum Gasteiger partial charge on any atom is 0.263 e. The van der Waals surface area contributed by atoms with Crippen LogP contribution in [0.5, 0.6) is 5.75 Å². The van der Waals surface area contributed by atoms with Gasteiger partial charge < -0.3 is 4.74 Å². The molecule has 2 aromatic rings. The number of rotatable bonds is 8. The molecule has 1 N–H and O–H groups in total. The van der Waals surface area contributed by atoms with E-state index < -0.39 is 15.8 Å². The van der Waals surface area contributed by atoms with Crippen LogP contribution in [0.1, 0.15) is 20.8 Å². The van der Waals surface area contributed by atoms with Gasteiger partial charge in [0.1, 0.15) is 10.7 Å². The zero-order valence-electron chi connectivity index (χ0n) is 17.1. The minimum Gasteiger partial charge on any atom is -0.457 e. The van der Waals surface area contributed by atoms with Crippen molar-refractivity contribution >= 4 is 44.6 Å². The largest absolute Gasteiger partial charge is 0.457 e. The van der Waals surface area contributed by atoms with Crippen molar-refractivity contribution in [3.8, 4) is 5.75 Å². The Hall–Kier alpha value is -2.61. The smallest absolute Gasteiger partial charge is 0.263 e. The molecule has 0 bridgehead atoms. The summed E-state index contributed by atoms with van der Waals surface area (Å²) in [5.41, 5.74) is 1.44. The van der Waals surface area contributed by atoms with Gasteiger partial charge in [0.15, 0.2) is 11.6 Å². The van der Waals surface area contributed by atoms with Crippen LogP contribution >= 0.6 is 23.2 Å². The molecule has 0 aromatic heterocycles. The molecule has 0 radical (unpaired) electrons. The monoisotopic (exact) mass is 482 g/mol. The molecule has 0 aliphatic heterocycles. The lowest BCUT2D eigenvalue weighted by Crippen LogP contribution is -2.13. The molecule has 0 aliphatic rings. The van der Waals surface area contributed by atoms with Crippen molar-refractivity contribution in [1.82, 2.24) is 0 Å². The van der Waals surface area contributed by atoms with Crippen LogP contribution < -0.4 is 9.46 Å². The number of halogens is 3. The van der Waals surface area contributed by atoms with Crippen LogP contribution in [0.4, 0.5) is 10.1 Å². The number of nitrogens with one attached hydrogen (secondary N) is 1. The van der Waals surface area contributed by atoms with Crippen molar-refractivity contribution in [2.45, 2.75) is 25.7 Å². The molecule has 0 heterocycles. The average molecular weight is 483 g/mol. The molecule has 0 saturated carbocycles. The zero-order chi connectivity index (χ0) is 23.2. The van der Waals surface area contributed by atoms with E-state index in [0.29, 0.717) is 16.5 Å². The Balaban J connectivity index is 2.20. The van der Waals surface area contributed by atoms with Gasteiger partial charge >= 0.3 is 0 Å². The summed E-state index contributed by atoms with van der Waals surface area (Å²) < 4.78 is 47.3. The Kier molecular flexibility index (Phi) is 8.44. The summed E-state index contributed by atoms with van der Waals surface area (Å²) in [4.78, 5) is 4.08. The minimum atomic E-state index is -4.04. The van der Waals surface area contributed by atoms with Gasteiger partial charge in [-0.1, -0.05) is 35.9 Å². The van der Waals surface area contributed by atoms with Crippen LogP contribution in [0.15, 0.2) is 82.5 Å². The molecule has 0 unspecified atom stereocenters. The molecule has 0 aliphatic carbocycles. The minimum absolute atomic E-state index is 0.00757. The SMILES string of the molecule is C=C(C)C(/C=C\C)=N/C=C(\C)Oc1ccc(NS(=O)(=O)c2ccc(Cl)cc2Cl)cc1F. The van der Waals surface area contributed by atoms with Gasteiger partial charge in [-0.15, -0.1) is 0 Å². The fourth-order valence-corrected chi connectivity index (χ4v) is 4.19. The molecule has 0 fully saturated rings. The highest BCUT2D eigenvalue weighted by Gasteiger charge is 2.19. The van der Waals surface area contributed by atoms with Gasteiger partial charge in [-0.25, -0.2) is 12.8 Å². The van der Waals surface area contributed by atoms with Gasteiger partial charge in [-0.2, -0.15) is 0 Å². The van der Waals surface area contributed by atoms with Crippen LogP contribution in [0.2, 0.25) is 10.0 Å². The lowest BCUT2D eigenvalue weighted by Gasteiger charge is -2.12. The van der Waals surface area contributed by atoms with E-state index in [1.54, 1.807) is 13.0 Å². The topological polar surface area (TPSA) is 67.8 Å². The van der Waals surface area contributed by atoms with Gasteiger partial charge in [0.25, 0.3) is 10.0 Å². The van der Waals surface area contributed by atoms with Gasteiger partial charge in [0.05, 0.1) is 22.6 Å². The fourth-order valence-electron chi connectivity index (χ4n) is 2.36. The van der Waals surface area contributed by atoms with E-state index in [9.17, 15) is 12.8 Å². The van der Waals surface area contributed by atoms with E-state index in [1.807, 2.05) is 19.9 Å². The first-order valence-corrected chi connectivity index (χ1v) is 11.3. The Bertz CT molecular complexity index is 1190. The molecule has 164 valence electrons. The maximum absolute atomic E-state index is 14.5. The number of ether oxygens (including phenoxy) is 1. The number of allylic oxidation sites excluding steroid dienone is 4. The normalized spacial score (nSPS) is 12.8. The van der Waals surface area contributed by atoms with Crippen LogP contribution in [0.3, 0.4) is 0 Å². The first-order chi connectivity index (χ1) is 14.5. The van der Waals surface area contributed by atoms with Crippen molar-refractivity contribution in [2.75, 3.05) is 4.72 Å². The van der Waals surface area contributed by atoms with E-state index in [0.717, 1.165) is 11.6 Å². The third kappa shape index (κ3) is 6.95. The second kappa shape index (κ2) is 10.6. The molecule has 5 nitrogen and oxygen atoms in total. The molecule has 31 heavy (non-hydrogen) atoms. The van der Waals surface area contributed by atoms with Gasteiger partial charge in [0, 0.05) is 11.1 Å². The van der Waals surface area contributed by atoms with Crippen molar-refractivity contribution in [2.24, 2.45) is 4.99 Å². The molecule has 2 rings (SSSR count). The molecule has 0 spiro atoms. The number of hydrogen-bond donors (Lipinski definition) is 1. The first kappa shape index (κ1) is 24.7. The summed E-state index contributed by atoms with van der Waals surface area (Å²) in [7, 11) is -4.04. The first-order valence-electron chi connectivity index (χ1n) is 9.02. The third-order valence-corrected chi connectivity index (χ3v) is 5.89. The van der Waals surface area contributed by atoms with E-state index in [4.69, 9.17) is 27.9 Å². The van der Waals surface area contributed by atoms with Crippen LogP contribution in [-0.4, -0.2) is 14.1 Å². The second-order valence-electron chi connectivity index (χ2n) is 6.46. The summed E-state index contributed by atoms with van der Waals surface area (Å²) in [5, 5.41) is 0.249. The summed E-state index contributed by atoms with van der Waals surface area (Å²) in [6.45, 7) is 9.13. The van der Waals surface area contributed by atoms with E-state index >= 15 is 0 Å². The fraction of sp³-hybridized carbons (Fsp3) is 0.136. The van der Waals surface area contributed by atoms with Crippen LogP contribution in [-0.2, 0) is 10.0 Å². The van der Waals surface area contributed by atoms with E-state index in [1.165, 1.54) is 36.5 Å². The summed E-state index contributed by atoms with van der Waals surface area (Å²) in [6, 6.07) is 7.66. The quantitative estimate of drug-likeness (QED) is 0.333. The molecule has 2 aromatic carbocycles. The summed E-state index contributed by atoms with van der Waals surface area (Å²) in [6.07, 6.45) is 5.07. The Morgan fingerprint density at radius 2 is 1.90 bits per heavy atom. The summed E-state index contributed by atoms with van der Waals surface area (Å²) in [5.74, 6) is -0.504. The summed E-state index contributed by atoms with van der Waals surface area (Å²) >= 11 is 11.8. The highest BCUT2D eigenvalue weighted by molar-refractivity contribution is 7.92. The highest BCUT2D eigenvalue weighted by Crippen LogP contribution is 2.28.